The number of benzene rings is 2. The summed E-state index contributed by atoms with van der Waals surface area (Å²) in [5.74, 6) is -0.204. The number of amides is 2. The Kier molecular flexibility index (Phi) is 9.11. The predicted molar refractivity (Wildman–Crippen MR) is 146 cm³/mol. The van der Waals surface area contributed by atoms with Gasteiger partial charge in [0.2, 0.25) is 5.91 Å². The van der Waals surface area contributed by atoms with E-state index in [1.54, 1.807) is 28.4 Å². The first kappa shape index (κ1) is 25.9. The zero-order valence-corrected chi connectivity index (χ0v) is 21.4. The Bertz CT molecular complexity index is 1140. The van der Waals surface area contributed by atoms with Crippen LogP contribution in [0.15, 0.2) is 66.0 Å². The second kappa shape index (κ2) is 12.7. The van der Waals surface area contributed by atoms with Gasteiger partial charge in [0.1, 0.15) is 0 Å². The summed E-state index contributed by atoms with van der Waals surface area (Å²) in [4.78, 5) is 28.7. The molecule has 1 aliphatic rings. The minimum absolute atomic E-state index is 0.0733. The van der Waals surface area contributed by atoms with E-state index >= 15 is 0 Å². The lowest BCUT2D eigenvalue weighted by Gasteiger charge is -2.25. The van der Waals surface area contributed by atoms with Gasteiger partial charge >= 0.3 is 0 Å². The Hall–Kier alpha value is -3.20. The molecule has 0 radical (unpaired) electrons. The summed E-state index contributed by atoms with van der Waals surface area (Å²) in [5, 5.41) is 22.7. The normalized spacial score (nSPS) is 15.1. The van der Waals surface area contributed by atoms with Crippen molar-refractivity contribution in [3.8, 4) is 0 Å². The van der Waals surface area contributed by atoms with E-state index in [4.69, 9.17) is 0 Å². The summed E-state index contributed by atoms with van der Waals surface area (Å²) in [6, 6.07) is 18.9. The maximum atomic E-state index is 13.4. The van der Waals surface area contributed by atoms with Crippen molar-refractivity contribution in [3.05, 3.63) is 82.0 Å². The SMILES string of the molecule is CCNc1cc(C(=O)NC(Cc2ccccc2)C(O)CNCc2cccs2)cc(N2CCCC2=O)c1. The monoisotopic (exact) mass is 506 g/mol. The summed E-state index contributed by atoms with van der Waals surface area (Å²) < 4.78 is 0. The topological polar surface area (TPSA) is 93.7 Å². The Labute approximate surface area is 216 Å². The quantitative estimate of drug-likeness (QED) is 0.300. The van der Waals surface area contributed by atoms with Crippen LogP contribution in [0.25, 0.3) is 0 Å². The fourth-order valence-electron chi connectivity index (χ4n) is 4.43. The molecule has 0 aliphatic carbocycles. The van der Waals surface area contributed by atoms with E-state index in [0.29, 0.717) is 44.6 Å². The van der Waals surface area contributed by atoms with Crippen LogP contribution in [-0.2, 0) is 17.8 Å². The highest BCUT2D eigenvalue weighted by molar-refractivity contribution is 7.09. The molecule has 7 nitrogen and oxygen atoms in total. The van der Waals surface area contributed by atoms with Gasteiger partial charge in [-0.2, -0.15) is 0 Å². The highest BCUT2D eigenvalue weighted by Gasteiger charge is 2.25. The number of carbonyl (C=O) groups is 2. The highest BCUT2D eigenvalue weighted by atomic mass is 32.1. The standard InChI is InChI=1S/C28H34N4O3S/c1-2-30-22-15-21(16-23(17-22)32-12-6-11-27(32)34)28(35)31-25(14-20-8-4-3-5-9-20)26(33)19-29-18-24-10-7-13-36-24/h3-5,7-10,13,15-17,25-26,29-30,33H,2,6,11-12,14,18-19H2,1H3,(H,31,35). The van der Waals surface area contributed by atoms with Crippen molar-refractivity contribution >= 4 is 34.5 Å². The van der Waals surface area contributed by atoms with Crippen LogP contribution in [0.4, 0.5) is 11.4 Å². The fraction of sp³-hybridized carbons (Fsp3) is 0.357. The maximum absolute atomic E-state index is 13.4. The maximum Gasteiger partial charge on any atom is 0.251 e. The van der Waals surface area contributed by atoms with Gasteiger partial charge in [0.05, 0.1) is 12.1 Å². The smallest absolute Gasteiger partial charge is 0.251 e. The van der Waals surface area contributed by atoms with Crippen LogP contribution in [0.1, 0.15) is 40.6 Å². The van der Waals surface area contributed by atoms with Gasteiger partial charge in [0, 0.05) is 54.4 Å². The summed E-state index contributed by atoms with van der Waals surface area (Å²) >= 11 is 1.66. The first-order chi connectivity index (χ1) is 17.5. The van der Waals surface area contributed by atoms with Crippen molar-refractivity contribution in [1.82, 2.24) is 10.6 Å². The third-order valence-corrected chi connectivity index (χ3v) is 7.13. The van der Waals surface area contributed by atoms with Gasteiger partial charge in [0.15, 0.2) is 0 Å². The molecule has 8 heteroatoms. The molecule has 3 aromatic rings. The lowest BCUT2D eigenvalue weighted by atomic mass is 10.00. The minimum Gasteiger partial charge on any atom is -0.390 e. The molecule has 36 heavy (non-hydrogen) atoms. The van der Waals surface area contributed by atoms with E-state index in [2.05, 4.69) is 16.0 Å². The van der Waals surface area contributed by atoms with Crippen LogP contribution in [0.3, 0.4) is 0 Å². The summed E-state index contributed by atoms with van der Waals surface area (Å²) in [6.45, 7) is 4.35. The van der Waals surface area contributed by atoms with Crippen molar-refractivity contribution in [2.45, 2.75) is 44.9 Å². The second-order valence-electron chi connectivity index (χ2n) is 9.00. The van der Waals surface area contributed by atoms with Crippen LogP contribution in [0.2, 0.25) is 0 Å². The Morgan fingerprint density at radius 3 is 2.67 bits per heavy atom. The third-order valence-electron chi connectivity index (χ3n) is 6.26. The number of thiophene rings is 1. The van der Waals surface area contributed by atoms with Crippen molar-refractivity contribution in [1.29, 1.82) is 0 Å². The number of rotatable bonds is 12. The molecule has 2 heterocycles. The van der Waals surface area contributed by atoms with Crippen LogP contribution < -0.4 is 20.9 Å². The van der Waals surface area contributed by atoms with Crippen molar-refractivity contribution in [2.75, 3.05) is 29.9 Å². The molecule has 2 aromatic carbocycles. The molecule has 4 N–H and O–H groups in total. The zero-order chi connectivity index (χ0) is 25.3. The second-order valence-corrected chi connectivity index (χ2v) is 10.0. The summed E-state index contributed by atoms with van der Waals surface area (Å²) in [6.07, 6.45) is 1.05. The molecule has 1 fully saturated rings. The lowest BCUT2D eigenvalue weighted by Crippen LogP contribution is -2.48. The van der Waals surface area contributed by atoms with Gasteiger partial charge in [-0.15, -0.1) is 11.3 Å². The Morgan fingerprint density at radius 1 is 1.14 bits per heavy atom. The van der Waals surface area contributed by atoms with E-state index < -0.39 is 12.1 Å². The number of anilines is 2. The number of aliphatic hydroxyl groups is 1. The number of carbonyl (C=O) groups excluding carboxylic acids is 2. The largest absolute Gasteiger partial charge is 0.390 e. The molecule has 4 rings (SSSR count). The number of hydrogen-bond acceptors (Lipinski definition) is 6. The van der Waals surface area contributed by atoms with Gasteiger partial charge < -0.3 is 26.0 Å². The zero-order valence-electron chi connectivity index (χ0n) is 20.6. The first-order valence-electron chi connectivity index (χ1n) is 12.5. The van der Waals surface area contributed by atoms with Crippen molar-refractivity contribution in [2.24, 2.45) is 0 Å². The highest BCUT2D eigenvalue weighted by Crippen LogP contribution is 2.27. The minimum atomic E-state index is -0.786. The molecule has 1 saturated heterocycles. The molecule has 1 aromatic heterocycles. The first-order valence-corrected chi connectivity index (χ1v) is 13.4. The van der Waals surface area contributed by atoms with Gasteiger partial charge in [-0.3, -0.25) is 9.59 Å². The fourth-order valence-corrected chi connectivity index (χ4v) is 5.10. The van der Waals surface area contributed by atoms with E-state index in [1.165, 1.54) is 4.88 Å². The molecule has 2 unspecified atom stereocenters. The molecule has 1 aliphatic heterocycles. The average molecular weight is 507 g/mol. The van der Waals surface area contributed by atoms with Gasteiger partial charge in [-0.1, -0.05) is 36.4 Å². The average Bonchev–Trinajstić information content (AvgIpc) is 3.56. The Morgan fingerprint density at radius 2 is 1.97 bits per heavy atom. The number of nitrogens with one attached hydrogen (secondary N) is 3. The molecule has 0 bridgehead atoms. The molecular weight excluding hydrogens is 472 g/mol. The predicted octanol–water partition coefficient (Wildman–Crippen LogP) is 3.80. The van der Waals surface area contributed by atoms with E-state index in [0.717, 1.165) is 23.4 Å². The molecular formula is C28H34N4O3S. The molecule has 190 valence electrons. The van der Waals surface area contributed by atoms with Crippen LogP contribution in [0.5, 0.6) is 0 Å². The summed E-state index contributed by atoms with van der Waals surface area (Å²) in [7, 11) is 0. The van der Waals surface area contributed by atoms with Crippen LogP contribution in [0, 0.1) is 0 Å². The third kappa shape index (κ3) is 6.94. The molecule has 0 saturated carbocycles. The van der Waals surface area contributed by atoms with Gasteiger partial charge in [-0.25, -0.2) is 0 Å². The van der Waals surface area contributed by atoms with Crippen LogP contribution >= 0.6 is 11.3 Å². The molecule has 2 atom stereocenters. The Balaban J connectivity index is 1.51. The van der Waals surface area contributed by atoms with E-state index in [9.17, 15) is 14.7 Å². The number of nitrogens with zero attached hydrogens (tertiary/aromatic N) is 1. The van der Waals surface area contributed by atoms with Gasteiger partial charge in [-0.05, 0) is 55.0 Å². The van der Waals surface area contributed by atoms with Gasteiger partial charge in [0.25, 0.3) is 5.91 Å². The van der Waals surface area contributed by atoms with E-state index in [1.807, 2.05) is 60.8 Å². The molecule has 0 spiro atoms. The number of aliphatic hydroxyl groups excluding tert-OH is 1. The lowest BCUT2D eigenvalue weighted by molar-refractivity contribution is -0.117. The van der Waals surface area contributed by atoms with Crippen molar-refractivity contribution in [3.63, 3.8) is 0 Å². The molecule has 2 amide bonds. The number of hydrogen-bond donors (Lipinski definition) is 4. The van der Waals surface area contributed by atoms with E-state index in [-0.39, 0.29) is 11.8 Å². The van der Waals surface area contributed by atoms with Crippen LogP contribution in [-0.4, -0.2) is 48.7 Å². The van der Waals surface area contributed by atoms with Crippen molar-refractivity contribution < 1.29 is 14.7 Å². The summed E-state index contributed by atoms with van der Waals surface area (Å²) in [5.41, 5.74) is 3.00.